The summed E-state index contributed by atoms with van der Waals surface area (Å²) < 4.78 is 14.0. The molecule has 1 aromatic heterocycles. The first-order valence-electron chi connectivity index (χ1n) is 11.3. The number of β-lactam (4-membered cyclic amide) rings is 1. The maximum atomic E-state index is 13.0. The van der Waals surface area contributed by atoms with E-state index in [1.807, 2.05) is 6.92 Å². The number of oxime groups is 1. The minimum Gasteiger partial charge on any atom is -0.427 e. The summed E-state index contributed by atoms with van der Waals surface area (Å²) in [6, 6.07) is -0.958. The molecule has 0 radical (unpaired) electrons. The lowest BCUT2D eigenvalue weighted by Gasteiger charge is -2.49. The highest BCUT2D eigenvalue weighted by Crippen LogP contribution is 2.41. The van der Waals surface area contributed by atoms with Crippen molar-refractivity contribution in [1.29, 1.82) is 0 Å². The summed E-state index contributed by atoms with van der Waals surface area (Å²) in [5, 5.41) is 5.81. The van der Waals surface area contributed by atoms with Crippen LogP contribution in [-0.2, 0) is 33.5 Å². The van der Waals surface area contributed by atoms with E-state index < -0.39 is 47.4 Å². The molecule has 202 valence electrons. The summed E-state index contributed by atoms with van der Waals surface area (Å²) in [4.78, 5) is 60.9. The molecule has 0 aliphatic carbocycles. The molecule has 0 saturated carbocycles. The summed E-state index contributed by atoms with van der Waals surface area (Å²) in [5.41, 5.74) is 10.1. The van der Waals surface area contributed by atoms with Crippen LogP contribution in [-0.4, -0.2) is 80.3 Å². The van der Waals surface area contributed by atoms with Crippen LogP contribution in [0.1, 0.15) is 39.9 Å². The number of nitrogens with two attached hydrogens (primary N) is 2. The van der Waals surface area contributed by atoms with Crippen molar-refractivity contribution in [1.82, 2.24) is 19.6 Å². The van der Waals surface area contributed by atoms with E-state index in [2.05, 4.69) is 19.8 Å². The number of hydrogen-bond donors (Lipinski definition) is 3. The molecule has 1 aromatic rings. The number of thioether (sulfide) groups is 1. The molecule has 1 fully saturated rings. The Morgan fingerprint density at radius 3 is 2.62 bits per heavy atom. The van der Waals surface area contributed by atoms with E-state index in [9.17, 15) is 19.2 Å². The third-order valence-corrected chi connectivity index (χ3v) is 6.87. The molecular weight excluding hydrogens is 526 g/mol. The van der Waals surface area contributed by atoms with E-state index >= 15 is 0 Å². The average Bonchev–Trinajstić information content (AvgIpc) is 3.26. The van der Waals surface area contributed by atoms with Crippen molar-refractivity contribution in [2.24, 2.45) is 16.3 Å². The number of carbonyl (C=O) groups excluding carboxylic acids is 4. The number of nitrogen functional groups attached to an aromatic ring is 1. The highest BCUT2D eigenvalue weighted by molar-refractivity contribution is 8.00. The van der Waals surface area contributed by atoms with Crippen molar-refractivity contribution in [3.8, 4) is 0 Å². The van der Waals surface area contributed by atoms with E-state index in [-0.39, 0.29) is 34.2 Å². The number of nitrogens with one attached hydrogen (secondary N) is 1. The smallest absolute Gasteiger partial charge is 0.357 e. The number of esters is 2. The van der Waals surface area contributed by atoms with Gasteiger partial charge in [-0.05, 0) is 46.7 Å². The lowest BCUT2D eigenvalue weighted by atomic mass is 9.98. The van der Waals surface area contributed by atoms with Gasteiger partial charge in [0.15, 0.2) is 5.13 Å². The topological polar surface area (TPSA) is 201 Å². The standard InChI is InChI=1S/C21H29N7O7S2/c1-10-8-11(18(31)33-9-34-19(32)21(2,3)4)28-16(30)13(17(28)36-10)24-15(29)12(26-35-7-5-6-22)14-25-20(23)37-27-14/h8,10,13,17H,5-7,9,22H2,1-4H3,(H,24,29)(H2,23,25,27)/b26-12+/t10?,13?,17-/m1/s1. The molecule has 2 aliphatic heterocycles. The van der Waals surface area contributed by atoms with E-state index in [1.54, 1.807) is 26.8 Å². The number of carbonyl (C=O) groups is 4. The second kappa shape index (κ2) is 11.9. The minimum absolute atomic E-state index is 0.00602. The molecule has 2 unspecified atom stereocenters. The van der Waals surface area contributed by atoms with E-state index in [0.717, 1.165) is 11.5 Å². The number of ether oxygens (including phenoxy) is 2. The Kier molecular flexibility index (Phi) is 9.09. The summed E-state index contributed by atoms with van der Waals surface area (Å²) in [6.45, 7) is 6.78. The van der Waals surface area contributed by atoms with Crippen molar-refractivity contribution < 1.29 is 33.5 Å². The Morgan fingerprint density at radius 1 is 1.27 bits per heavy atom. The number of fused-ring (bicyclic) bond motifs is 1. The van der Waals surface area contributed by atoms with Gasteiger partial charge < -0.3 is 31.1 Å². The molecule has 0 bridgehead atoms. The number of anilines is 1. The fourth-order valence-electron chi connectivity index (χ4n) is 3.13. The fourth-order valence-corrected chi connectivity index (χ4v) is 4.89. The summed E-state index contributed by atoms with van der Waals surface area (Å²) in [7, 11) is 0. The molecule has 3 heterocycles. The molecule has 0 aromatic carbocycles. The lowest BCUT2D eigenvalue weighted by Crippen LogP contribution is -2.71. The largest absolute Gasteiger partial charge is 0.427 e. The lowest BCUT2D eigenvalue weighted by molar-refractivity contribution is -0.173. The van der Waals surface area contributed by atoms with Crippen LogP contribution in [0.4, 0.5) is 5.13 Å². The molecular formula is C21H29N7O7S2. The normalized spacial score (nSPS) is 21.4. The SMILES string of the molecule is CC1C=C(C(=O)OCOC(=O)C(C)(C)C)N2C(=O)C(NC(=O)/C(=N/OCCCN)c3nsc(N)n3)[C@H]2S1. The minimum atomic E-state index is -0.958. The first kappa shape index (κ1) is 28.3. The van der Waals surface area contributed by atoms with E-state index in [4.69, 9.17) is 25.8 Å². The van der Waals surface area contributed by atoms with Gasteiger partial charge in [0.2, 0.25) is 18.3 Å². The van der Waals surface area contributed by atoms with Crippen LogP contribution < -0.4 is 16.8 Å². The number of aromatic nitrogens is 2. The highest BCUT2D eigenvalue weighted by Gasteiger charge is 2.54. The number of nitrogens with zero attached hydrogens (tertiary/aromatic N) is 4. The molecule has 0 spiro atoms. The van der Waals surface area contributed by atoms with Gasteiger partial charge in [-0.3, -0.25) is 19.3 Å². The van der Waals surface area contributed by atoms with Gasteiger partial charge >= 0.3 is 11.9 Å². The van der Waals surface area contributed by atoms with Gasteiger partial charge in [0.25, 0.3) is 11.8 Å². The third kappa shape index (κ3) is 6.75. The van der Waals surface area contributed by atoms with Gasteiger partial charge in [-0.2, -0.15) is 9.36 Å². The van der Waals surface area contributed by atoms with Crippen LogP contribution in [0.25, 0.3) is 0 Å². The zero-order valence-corrected chi connectivity index (χ0v) is 22.4. The van der Waals surface area contributed by atoms with Gasteiger partial charge in [0, 0.05) is 16.8 Å². The Hall–Kier alpha value is -3.24. The summed E-state index contributed by atoms with van der Waals surface area (Å²) in [6.07, 6.45) is 2.09. The molecule has 16 heteroatoms. The van der Waals surface area contributed by atoms with Gasteiger partial charge in [-0.1, -0.05) is 5.16 Å². The average molecular weight is 556 g/mol. The van der Waals surface area contributed by atoms with E-state index in [0.29, 0.717) is 13.0 Å². The molecule has 1 saturated heterocycles. The van der Waals surface area contributed by atoms with Gasteiger partial charge in [-0.25, -0.2) is 4.79 Å². The summed E-state index contributed by atoms with van der Waals surface area (Å²) in [5.74, 6) is -2.68. The second-order valence-electron chi connectivity index (χ2n) is 9.05. The maximum absolute atomic E-state index is 13.0. The van der Waals surface area contributed by atoms with Gasteiger partial charge in [-0.15, -0.1) is 11.8 Å². The van der Waals surface area contributed by atoms with Crippen LogP contribution in [0.2, 0.25) is 0 Å². The first-order chi connectivity index (χ1) is 17.4. The zero-order chi connectivity index (χ0) is 27.3. The molecule has 3 atom stereocenters. The Bertz CT molecular complexity index is 1110. The van der Waals surface area contributed by atoms with Crippen molar-refractivity contribution in [3.05, 3.63) is 17.6 Å². The Balaban J connectivity index is 1.67. The van der Waals surface area contributed by atoms with Crippen LogP contribution in [0.3, 0.4) is 0 Å². The summed E-state index contributed by atoms with van der Waals surface area (Å²) >= 11 is 2.24. The number of rotatable bonds is 10. The fraction of sp³-hybridized carbons (Fsp3) is 0.571. The van der Waals surface area contributed by atoms with Crippen molar-refractivity contribution in [3.63, 3.8) is 0 Å². The first-order valence-corrected chi connectivity index (χ1v) is 13.0. The zero-order valence-electron chi connectivity index (χ0n) is 20.8. The quantitative estimate of drug-likeness (QED) is 0.0869. The van der Waals surface area contributed by atoms with Gasteiger partial charge in [0.05, 0.1) is 5.41 Å². The van der Waals surface area contributed by atoms with Crippen LogP contribution in [0.15, 0.2) is 16.9 Å². The molecule has 2 aliphatic rings. The number of hydrogen-bond acceptors (Lipinski definition) is 14. The van der Waals surface area contributed by atoms with E-state index in [1.165, 1.54) is 16.7 Å². The second-order valence-corrected chi connectivity index (χ2v) is 11.3. The Morgan fingerprint density at radius 2 is 2.00 bits per heavy atom. The van der Waals surface area contributed by atoms with Crippen LogP contribution in [0.5, 0.6) is 0 Å². The highest BCUT2D eigenvalue weighted by atomic mass is 32.2. The monoisotopic (exact) mass is 555 g/mol. The van der Waals surface area contributed by atoms with Gasteiger partial charge in [0.1, 0.15) is 23.7 Å². The predicted molar refractivity (Wildman–Crippen MR) is 135 cm³/mol. The van der Waals surface area contributed by atoms with Crippen molar-refractivity contribution in [2.45, 2.75) is 50.8 Å². The molecule has 5 N–H and O–H groups in total. The predicted octanol–water partition coefficient (Wildman–Crippen LogP) is -0.0479. The third-order valence-electron chi connectivity index (χ3n) is 5.00. The Labute approximate surface area is 221 Å². The van der Waals surface area contributed by atoms with Crippen LogP contribution >= 0.6 is 23.3 Å². The molecule has 14 nitrogen and oxygen atoms in total. The van der Waals surface area contributed by atoms with Crippen LogP contribution in [0, 0.1) is 5.41 Å². The molecule has 3 rings (SSSR count). The maximum Gasteiger partial charge on any atom is 0.357 e. The van der Waals surface area contributed by atoms with Crippen molar-refractivity contribution >= 4 is 57.9 Å². The van der Waals surface area contributed by atoms with Crippen molar-refractivity contribution in [2.75, 3.05) is 25.7 Å². The molecule has 37 heavy (non-hydrogen) atoms. The number of amides is 2. The molecule has 2 amide bonds.